The standard InChI is InChI=1S/C10H15N3O2S2/c1-10(2,3)13-17(14,15)7-4-5-8(9(11)16)12-6-7/h4-6,13H,1-3H3,(H2,11,16). The second-order valence-electron chi connectivity index (χ2n) is 4.60. The maximum absolute atomic E-state index is 11.9. The summed E-state index contributed by atoms with van der Waals surface area (Å²) in [6.45, 7) is 5.30. The van der Waals surface area contributed by atoms with Crippen LogP contribution in [-0.2, 0) is 10.0 Å². The van der Waals surface area contributed by atoms with E-state index >= 15 is 0 Å². The summed E-state index contributed by atoms with van der Waals surface area (Å²) in [5, 5.41) is 0. The Morgan fingerprint density at radius 2 is 2.00 bits per heavy atom. The molecule has 1 rings (SSSR count). The molecule has 0 spiro atoms. The summed E-state index contributed by atoms with van der Waals surface area (Å²) in [4.78, 5) is 4.12. The third-order valence-corrected chi connectivity index (χ3v) is 3.69. The van der Waals surface area contributed by atoms with Crippen molar-refractivity contribution in [1.29, 1.82) is 0 Å². The second kappa shape index (κ2) is 4.67. The Bertz CT molecular complexity index is 515. The zero-order chi connectivity index (χ0) is 13.3. The smallest absolute Gasteiger partial charge is 0.242 e. The first kappa shape index (κ1) is 14.0. The molecule has 0 radical (unpaired) electrons. The van der Waals surface area contributed by atoms with Crippen molar-refractivity contribution in [3.05, 3.63) is 24.0 Å². The summed E-state index contributed by atoms with van der Waals surface area (Å²) in [6, 6.07) is 2.91. The summed E-state index contributed by atoms with van der Waals surface area (Å²) < 4.78 is 26.4. The van der Waals surface area contributed by atoms with Crippen molar-refractivity contribution in [2.75, 3.05) is 0 Å². The lowest BCUT2D eigenvalue weighted by molar-refractivity contribution is 0.491. The topological polar surface area (TPSA) is 85.1 Å². The van der Waals surface area contributed by atoms with Gasteiger partial charge >= 0.3 is 0 Å². The van der Waals surface area contributed by atoms with Crippen molar-refractivity contribution < 1.29 is 8.42 Å². The highest BCUT2D eigenvalue weighted by Gasteiger charge is 2.22. The molecule has 0 fully saturated rings. The van der Waals surface area contributed by atoms with Gasteiger partial charge in [-0.25, -0.2) is 13.1 Å². The molecule has 0 bridgehead atoms. The van der Waals surface area contributed by atoms with Gasteiger partial charge in [0.1, 0.15) is 9.88 Å². The zero-order valence-electron chi connectivity index (χ0n) is 9.89. The van der Waals surface area contributed by atoms with E-state index in [-0.39, 0.29) is 9.88 Å². The SMILES string of the molecule is CC(C)(C)NS(=O)(=O)c1ccc(C(N)=S)nc1. The normalized spacial score (nSPS) is 12.4. The van der Waals surface area contributed by atoms with Crippen LogP contribution in [0.3, 0.4) is 0 Å². The molecular weight excluding hydrogens is 258 g/mol. The van der Waals surface area contributed by atoms with E-state index in [4.69, 9.17) is 18.0 Å². The first-order valence-corrected chi connectivity index (χ1v) is 6.81. The van der Waals surface area contributed by atoms with Gasteiger partial charge in [0.15, 0.2) is 0 Å². The number of hydrogen-bond acceptors (Lipinski definition) is 4. The molecule has 0 aliphatic carbocycles. The van der Waals surface area contributed by atoms with Crippen LogP contribution in [0.1, 0.15) is 26.5 Å². The van der Waals surface area contributed by atoms with Gasteiger partial charge in [0.2, 0.25) is 10.0 Å². The quantitative estimate of drug-likeness (QED) is 0.795. The zero-order valence-corrected chi connectivity index (χ0v) is 11.5. The van der Waals surface area contributed by atoms with E-state index in [0.29, 0.717) is 5.69 Å². The molecular formula is C10H15N3O2S2. The van der Waals surface area contributed by atoms with Crippen molar-refractivity contribution in [3.8, 4) is 0 Å². The van der Waals surface area contributed by atoms with Crippen molar-refractivity contribution >= 4 is 27.2 Å². The average molecular weight is 273 g/mol. The molecule has 5 nitrogen and oxygen atoms in total. The van der Waals surface area contributed by atoms with Crippen molar-refractivity contribution in [3.63, 3.8) is 0 Å². The van der Waals surface area contributed by atoms with Crippen LogP contribution in [0.15, 0.2) is 23.2 Å². The molecule has 0 saturated heterocycles. The van der Waals surface area contributed by atoms with Gasteiger partial charge in [-0.15, -0.1) is 0 Å². The van der Waals surface area contributed by atoms with Crippen LogP contribution < -0.4 is 10.5 Å². The van der Waals surface area contributed by atoms with Gasteiger partial charge in [0.25, 0.3) is 0 Å². The Balaban J connectivity index is 3.05. The number of aromatic nitrogens is 1. The minimum absolute atomic E-state index is 0.0902. The fourth-order valence-corrected chi connectivity index (χ4v) is 2.63. The van der Waals surface area contributed by atoms with Gasteiger partial charge in [0.05, 0.1) is 5.69 Å². The Hall–Kier alpha value is -1.05. The minimum Gasteiger partial charge on any atom is -0.388 e. The molecule has 0 unspecified atom stereocenters. The average Bonchev–Trinajstić information content (AvgIpc) is 2.14. The molecule has 3 N–H and O–H groups in total. The number of rotatable bonds is 3. The maximum Gasteiger partial charge on any atom is 0.242 e. The summed E-state index contributed by atoms with van der Waals surface area (Å²) >= 11 is 4.74. The van der Waals surface area contributed by atoms with Crippen LogP contribution in [0.4, 0.5) is 0 Å². The molecule has 1 heterocycles. The summed E-state index contributed by atoms with van der Waals surface area (Å²) in [5.74, 6) is 0. The lowest BCUT2D eigenvalue weighted by Crippen LogP contribution is -2.40. The summed E-state index contributed by atoms with van der Waals surface area (Å²) in [5.41, 5.74) is 5.24. The Morgan fingerprint density at radius 1 is 1.41 bits per heavy atom. The molecule has 0 saturated carbocycles. The van der Waals surface area contributed by atoms with Crippen LogP contribution in [-0.4, -0.2) is 23.9 Å². The molecule has 1 aromatic heterocycles. The van der Waals surface area contributed by atoms with Gasteiger partial charge in [-0.2, -0.15) is 0 Å². The number of hydrogen-bond donors (Lipinski definition) is 2. The van der Waals surface area contributed by atoms with Crippen molar-refractivity contribution in [2.45, 2.75) is 31.2 Å². The summed E-state index contributed by atoms with van der Waals surface area (Å²) in [7, 11) is -3.56. The minimum atomic E-state index is -3.56. The fourth-order valence-electron chi connectivity index (χ4n) is 1.15. The first-order chi connectivity index (χ1) is 7.62. The largest absolute Gasteiger partial charge is 0.388 e. The molecule has 0 atom stereocenters. The van der Waals surface area contributed by atoms with Crippen molar-refractivity contribution in [1.82, 2.24) is 9.71 Å². The van der Waals surface area contributed by atoms with E-state index in [1.54, 1.807) is 20.8 Å². The van der Waals surface area contributed by atoms with Crippen molar-refractivity contribution in [2.24, 2.45) is 5.73 Å². The van der Waals surface area contributed by atoms with Crippen LogP contribution in [0.25, 0.3) is 0 Å². The van der Waals surface area contributed by atoms with E-state index in [9.17, 15) is 8.42 Å². The van der Waals surface area contributed by atoms with Gasteiger partial charge in [-0.05, 0) is 32.9 Å². The summed E-state index contributed by atoms with van der Waals surface area (Å²) in [6.07, 6.45) is 1.24. The molecule has 0 aliphatic rings. The number of pyridine rings is 1. The number of thiocarbonyl (C=S) groups is 1. The Labute approximate surface area is 106 Å². The molecule has 94 valence electrons. The van der Waals surface area contributed by atoms with E-state index in [1.807, 2.05) is 0 Å². The third kappa shape index (κ3) is 4.03. The monoisotopic (exact) mass is 273 g/mol. The molecule has 1 aromatic rings. The Kier molecular flexibility index (Phi) is 3.85. The highest BCUT2D eigenvalue weighted by Crippen LogP contribution is 2.12. The number of nitrogens with zero attached hydrogens (tertiary/aromatic N) is 1. The highest BCUT2D eigenvalue weighted by atomic mass is 32.2. The fraction of sp³-hybridized carbons (Fsp3) is 0.400. The molecule has 0 aliphatic heterocycles. The van der Waals surface area contributed by atoms with Gasteiger partial charge < -0.3 is 5.73 Å². The molecule has 0 aromatic carbocycles. The van der Waals surface area contributed by atoms with E-state index in [0.717, 1.165) is 0 Å². The number of nitrogens with one attached hydrogen (secondary N) is 1. The molecule has 0 amide bonds. The molecule has 17 heavy (non-hydrogen) atoms. The maximum atomic E-state index is 11.9. The first-order valence-electron chi connectivity index (χ1n) is 4.92. The van der Waals surface area contributed by atoms with Crippen LogP contribution in [0, 0.1) is 0 Å². The predicted octanol–water partition coefficient (Wildman–Crippen LogP) is 0.793. The second-order valence-corrected chi connectivity index (χ2v) is 6.72. The van der Waals surface area contributed by atoms with Crippen LogP contribution in [0.2, 0.25) is 0 Å². The molecule has 7 heteroatoms. The highest BCUT2D eigenvalue weighted by molar-refractivity contribution is 7.89. The van der Waals surface area contributed by atoms with Gasteiger partial charge in [0, 0.05) is 11.7 Å². The number of sulfonamides is 1. The lowest BCUT2D eigenvalue weighted by Gasteiger charge is -2.20. The van der Waals surface area contributed by atoms with Crippen LogP contribution in [0.5, 0.6) is 0 Å². The third-order valence-electron chi connectivity index (χ3n) is 1.74. The van der Waals surface area contributed by atoms with E-state index in [1.165, 1.54) is 18.3 Å². The van der Waals surface area contributed by atoms with Crippen LogP contribution >= 0.6 is 12.2 Å². The Morgan fingerprint density at radius 3 is 2.35 bits per heavy atom. The van der Waals surface area contributed by atoms with E-state index < -0.39 is 15.6 Å². The van der Waals surface area contributed by atoms with Gasteiger partial charge in [-0.3, -0.25) is 4.98 Å². The lowest BCUT2D eigenvalue weighted by atomic mass is 10.1. The predicted molar refractivity (Wildman–Crippen MR) is 70.2 cm³/mol. The number of nitrogens with two attached hydrogens (primary N) is 1. The van der Waals surface area contributed by atoms with E-state index in [2.05, 4.69) is 9.71 Å². The van der Waals surface area contributed by atoms with Gasteiger partial charge in [-0.1, -0.05) is 12.2 Å².